The molecular formula is C16H17ClN2O5. The average Bonchev–Trinajstić information content (AvgIpc) is 2.96. The summed E-state index contributed by atoms with van der Waals surface area (Å²) < 4.78 is 10.2. The lowest BCUT2D eigenvalue weighted by molar-refractivity contribution is -0.139. The van der Waals surface area contributed by atoms with Gasteiger partial charge in [-0.25, -0.2) is 0 Å². The second-order valence-electron chi connectivity index (χ2n) is 5.57. The Balaban J connectivity index is 2.18. The topological polar surface area (TPSA) is 102 Å². The lowest BCUT2D eigenvalue weighted by Gasteiger charge is -2.27. The van der Waals surface area contributed by atoms with Gasteiger partial charge < -0.3 is 19.7 Å². The van der Waals surface area contributed by atoms with Gasteiger partial charge in [-0.2, -0.15) is 0 Å². The summed E-state index contributed by atoms with van der Waals surface area (Å²) >= 11 is 6.08. The molecule has 8 heteroatoms. The van der Waals surface area contributed by atoms with Gasteiger partial charge in [0.1, 0.15) is 0 Å². The molecule has 0 bridgehead atoms. The van der Waals surface area contributed by atoms with Gasteiger partial charge in [-0.05, 0) is 19.1 Å². The van der Waals surface area contributed by atoms with Crippen LogP contribution in [0.2, 0.25) is 5.02 Å². The van der Waals surface area contributed by atoms with Crippen LogP contribution in [0, 0.1) is 0 Å². The SMILES string of the molecule is COCC(C)(CC(=O)O)NC(=O)c1cc(-c2ccccc2Cl)on1. The van der Waals surface area contributed by atoms with Crippen LogP contribution >= 0.6 is 11.6 Å². The van der Waals surface area contributed by atoms with Gasteiger partial charge >= 0.3 is 5.97 Å². The van der Waals surface area contributed by atoms with E-state index in [1.165, 1.54) is 13.2 Å². The van der Waals surface area contributed by atoms with E-state index >= 15 is 0 Å². The van der Waals surface area contributed by atoms with Gasteiger partial charge in [-0.1, -0.05) is 28.9 Å². The summed E-state index contributed by atoms with van der Waals surface area (Å²) in [6.45, 7) is 1.62. The number of halogens is 1. The van der Waals surface area contributed by atoms with Crippen molar-refractivity contribution in [2.24, 2.45) is 0 Å². The fourth-order valence-electron chi connectivity index (χ4n) is 2.29. The Morgan fingerprint density at radius 2 is 2.12 bits per heavy atom. The van der Waals surface area contributed by atoms with Crippen LogP contribution in [0.1, 0.15) is 23.8 Å². The first-order chi connectivity index (χ1) is 11.3. The van der Waals surface area contributed by atoms with Crippen molar-refractivity contribution in [3.05, 3.63) is 41.0 Å². The number of hydrogen-bond donors (Lipinski definition) is 2. The second-order valence-corrected chi connectivity index (χ2v) is 5.98. The fourth-order valence-corrected chi connectivity index (χ4v) is 2.52. The number of nitrogens with one attached hydrogen (secondary N) is 1. The molecular weight excluding hydrogens is 336 g/mol. The average molecular weight is 353 g/mol. The second kappa shape index (κ2) is 7.46. The van der Waals surface area contributed by atoms with Crippen LogP contribution in [0.3, 0.4) is 0 Å². The fraction of sp³-hybridized carbons (Fsp3) is 0.312. The third kappa shape index (κ3) is 4.33. The maximum Gasteiger partial charge on any atom is 0.305 e. The van der Waals surface area contributed by atoms with E-state index < -0.39 is 17.4 Å². The zero-order chi connectivity index (χ0) is 17.7. The van der Waals surface area contributed by atoms with Crippen molar-refractivity contribution in [3.8, 4) is 11.3 Å². The van der Waals surface area contributed by atoms with Gasteiger partial charge in [0.05, 0.1) is 23.6 Å². The Kier molecular flexibility index (Phi) is 5.58. The maximum absolute atomic E-state index is 12.3. The van der Waals surface area contributed by atoms with Crippen LogP contribution in [0.5, 0.6) is 0 Å². The number of carbonyl (C=O) groups is 2. The van der Waals surface area contributed by atoms with E-state index in [1.54, 1.807) is 31.2 Å². The number of nitrogens with zero attached hydrogens (tertiary/aromatic N) is 1. The lowest BCUT2D eigenvalue weighted by atomic mass is 9.98. The molecule has 1 atom stereocenters. The van der Waals surface area contributed by atoms with Crippen LogP contribution in [0.25, 0.3) is 11.3 Å². The zero-order valence-corrected chi connectivity index (χ0v) is 14.0. The van der Waals surface area contributed by atoms with Crippen molar-refractivity contribution in [2.45, 2.75) is 18.9 Å². The van der Waals surface area contributed by atoms with Crippen molar-refractivity contribution >= 4 is 23.5 Å². The van der Waals surface area contributed by atoms with E-state index in [4.69, 9.17) is 26.0 Å². The van der Waals surface area contributed by atoms with Crippen molar-refractivity contribution in [1.82, 2.24) is 10.5 Å². The Labute approximate surface area is 143 Å². The van der Waals surface area contributed by atoms with Crippen LogP contribution < -0.4 is 5.32 Å². The number of hydrogen-bond acceptors (Lipinski definition) is 5. The molecule has 1 unspecified atom stereocenters. The number of aromatic nitrogens is 1. The minimum atomic E-state index is -1.07. The highest BCUT2D eigenvalue weighted by Gasteiger charge is 2.31. The highest BCUT2D eigenvalue weighted by Crippen LogP contribution is 2.28. The van der Waals surface area contributed by atoms with E-state index in [-0.39, 0.29) is 18.7 Å². The molecule has 1 heterocycles. The van der Waals surface area contributed by atoms with Gasteiger partial charge in [-0.15, -0.1) is 0 Å². The van der Waals surface area contributed by atoms with E-state index in [2.05, 4.69) is 10.5 Å². The van der Waals surface area contributed by atoms with Gasteiger partial charge in [-0.3, -0.25) is 9.59 Å². The Morgan fingerprint density at radius 3 is 2.75 bits per heavy atom. The number of carboxylic acid groups (broad SMARTS) is 1. The molecule has 2 N–H and O–H groups in total. The number of carboxylic acids is 1. The molecule has 0 radical (unpaired) electrons. The van der Waals surface area contributed by atoms with Gasteiger partial charge in [0.2, 0.25) is 0 Å². The molecule has 1 amide bonds. The first kappa shape index (κ1) is 18.0. The van der Waals surface area contributed by atoms with Crippen LogP contribution in [0.4, 0.5) is 0 Å². The third-order valence-electron chi connectivity index (χ3n) is 3.30. The molecule has 1 aromatic heterocycles. The standard InChI is InChI=1S/C16H17ClN2O5/c1-16(9-23-2,8-14(20)21)18-15(22)12-7-13(24-19-12)10-5-3-4-6-11(10)17/h3-7H,8-9H2,1-2H3,(H,18,22)(H,20,21). The van der Waals surface area contributed by atoms with Crippen LogP contribution in [-0.4, -0.2) is 41.4 Å². The number of carbonyl (C=O) groups excluding carboxylic acids is 1. The molecule has 24 heavy (non-hydrogen) atoms. The molecule has 0 aliphatic rings. The first-order valence-electron chi connectivity index (χ1n) is 7.09. The molecule has 0 saturated heterocycles. The number of rotatable bonds is 7. The third-order valence-corrected chi connectivity index (χ3v) is 3.63. The highest BCUT2D eigenvalue weighted by atomic mass is 35.5. The van der Waals surface area contributed by atoms with Crippen LogP contribution in [-0.2, 0) is 9.53 Å². The smallest absolute Gasteiger partial charge is 0.305 e. The molecule has 0 fully saturated rings. The van der Waals surface area contributed by atoms with Crippen molar-refractivity contribution < 1.29 is 24.0 Å². The molecule has 0 aliphatic carbocycles. The molecule has 7 nitrogen and oxygen atoms in total. The Morgan fingerprint density at radius 1 is 1.42 bits per heavy atom. The normalized spacial score (nSPS) is 13.3. The molecule has 0 saturated carbocycles. The molecule has 1 aromatic carbocycles. The monoisotopic (exact) mass is 352 g/mol. The van der Waals surface area contributed by atoms with Gasteiger partial charge in [0.15, 0.2) is 11.5 Å². The largest absolute Gasteiger partial charge is 0.481 e. The molecule has 0 aliphatic heterocycles. The Bertz CT molecular complexity index is 746. The minimum absolute atomic E-state index is 0.0256. The summed E-state index contributed by atoms with van der Waals surface area (Å²) in [4.78, 5) is 23.3. The van der Waals surface area contributed by atoms with Crippen LogP contribution in [0.15, 0.2) is 34.9 Å². The summed E-state index contributed by atoms with van der Waals surface area (Å²) in [6, 6.07) is 8.44. The maximum atomic E-state index is 12.3. The molecule has 2 rings (SSSR count). The minimum Gasteiger partial charge on any atom is -0.481 e. The molecule has 128 valence electrons. The van der Waals surface area contributed by atoms with Gasteiger partial charge in [0.25, 0.3) is 5.91 Å². The molecule has 0 spiro atoms. The number of aliphatic carboxylic acids is 1. The van der Waals surface area contributed by atoms with Crippen molar-refractivity contribution in [1.29, 1.82) is 0 Å². The van der Waals surface area contributed by atoms with E-state index in [0.717, 1.165) is 0 Å². The quantitative estimate of drug-likeness (QED) is 0.794. The summed E-state index contributed by atoms with van der Waals surface area (Å²) in [5.41, 5.74) is -0.435. The zero-order valence-electron chi connectivity index (χ0n) is 13.2. The predicted molar refractivity (Wildman–Crippen MR) is 86.9 cm³/mol. The van der Waals surface area contributed by atoms with E-state index in [0.29, 0.717) is 16.3 Å². The van der Waals surface area contributed by atoms with E-state index in [9.17, 15) is 9.59 Å². The van der Waals surface area contributed by atoms with Crippen molar-refractivity contribution in [2.75, 3.05) is 13.7 Å². The number of amides is 1. The van der Waals surface area contributed by atoms with E-state index in [1.807, 2.05) is 0 Å². The summed E-state index contributed by atoms with van der Waals surface area (Å²) in [6.07, 6.45) is -0.290. The molecule has 2 aromatic rings. The summed E-state index contributed by atoms with van der Waals surface area (Å²) in [7, 11) is 1.43. The lowest BCUT2D eigenvalue weighted by Crippen LogP contribution is -2.50. The summed E-state index contributed by atoms with van der Waals surface area (Å²) in [5.74, 6) is -1.26. The number of methoxy groups -OCH3 is 1. The number of ether oxygens (including phenoxy) is 1. The summed E-state index contributed by atoms with van der Waals surface area (Å²) in [5, 5.41) is 15.8. The van der Waals surface area contributed by atoms with Crippen molar-refractivity contribution in [3.63, 3.8) is 0 Å². The highest BCUT2D eigenvalue weighted by molar-refractivity contribution is 6.33. The first-order valence-corrected chi connectivity index (χ1v) is 7.47. The predicted octanol–water partition coefficient (Wildman–Crippen LogP) is 2.60. The number of benzene rings is 1. The van der Waals surface area contributed by atoms with Gasteiger partial charge in [0, 0.05) is 18.7 Å². The Hall–Kier alpha value is -2.38.